The van der Waals surface area contributed by atoms with Crippen molar-refractivity contribution in [2.24, 2.45) is 5.92 Å². The van der Waals surface area contributed by atoms with E-state index in [1.807, 2.05) is 42.5 Å². The number of amides is 1. The monoisotopic (exact) mass is 280 g/mol. The average molecular weight is 280 g/mol. The number of anilines is 1. The van der Waals surface area contributed by atoms with Crippen molar-refractivity contribution in [2.45, 2.75) is 12.8 Å². The Balaban J connectivity index is 1.74. The fourth-order valence-corrected chi connectivity index (χ4v) is 2.81. The van der Waals surface area contributed by atoms with Gasteiger partial charge in [0.1, 0.15) is 0 Å². The summed E-state index contributed by atoms with van der Waals surface area (Å²) in [6.07, 6.45) is 1.68. The van der Waals surface area contributed by atoms with Crippen LogP contribution in [0.3, 0.4) is 0 Å². The van der Waals surface area contributed by atoms with Gasteiger partial charge in [-0.25, -0.2) is 0 Å². The summed E-state index contributed by atoms with van der Waals surface area (Å²) < 4.78 is 0. The number of para-hydroxylation sites is 1. The number of benzene rings is 2. The molecule has 108 valence electrons. The highest BCUT2D eigenvalue weighted by Gasteiger charge is 2.18. The maximum absolute atomic E-state index is 12.2. The van der Waals surface area contributed by atoms with Crippen molar-refractivity contribution >= 4 is 11.6 Å². The van der Waals surface area contributed by atoms with E-state index in [0.717, 1.165) is 36.3 Å². The summed E-state index contributed by atoms with van der Waals surface area (Å²) in [4.78, 5) is 12.2. The third-order valence-electron chi connectivity index (χ3n) is 3.92. The first-order valence-corrected chi connectivity index (χ1v) is 7.48. The molecule has 1 fully saturated rings. The van der Waals surface area contributed by atoms with Crippen LogP contribution in [0.1, 0.15) is 12.8 Å². The summed E-state index contributed by atoms with van der Waals surface area (Å²) in [6, 6.07) is 18.1. The van der Waals surface area contributed by atoms with Gasteiger partial charge in [0.25, 0.3) is 0 Å². The third kappa shape index (κ3) is 3.50. The molecule has 1 saturated heterocycles. The smallest absolute Gasteiger partial charge is 0.224 e. The van der Waals surface area contributed by atoms with Crippen LogP contribution in [0.4, 0.5) is 5.69 Å². The SMILES string of the molecule is O=C(CC1CCNC1)Nc1ccccc1-c1ccccc1. The van der Waals surface area contributed by atoms with Gasteiger partial charge in [-0.05, 0) is 37.1 Å². The summed E-state index contributed by atoms with van der Waals surface area (Å²) in [6.45, 7) is 1.98. The van der Waals surface area contributed by atoms with Gasteiger partial charge in [0.2, 0.25) is 5.91 Å². The molecular weight excluding hydrogens is 260 g/mol. The molecule has 0 bridgehead atoms. The lowest BCUT2D eigenvalue weighted by Gasteiger charge is -2.13. The summed E-state index contributed by atoms with van der Waals surface area (Å²) in [5, 5.41) is 6.37. The molecule has 3 heteroatoms. The van der Waals surface area contributed by atoms with Crippen LogP contribution in [-0.4, -0.2) is 19.0 Å². The number of rotatable bonds is 4. The van der Waals surface area contributed by atoms with Crippen LogP contribution in [-0.2, 0) is 4.79 Å². The normalized spacial score (nSPS) is 17.6. The Hall–Kier alpha value is -2.13. The lowest BCUT2D eigenvalue weighted by molar-refractivity contribution is -0.116. The summed E-state index contributed by atoms with van der Waals surface area (Å²) in [5.74, 6) is 0.570. The molecule has 1 aliphatic rings. The van der Waals surface area contributed by atoms with Gasteiger partial charge in [0.05, 0.1) is 0 Å². The van der Waals surface area contributed by atoms with E-state index in [1.54, 1.807) is 0 Å². The molecule has 1 atom stereocenters. The van der Waals surface area contributed by atoms with Gasteiger partial charge in [0.15, 0.2) is 0 Å². The molecule has 1 unspecified atom stereocenters. The van der Waals surface area contributed by atoms with Crippen LogP contribution in [0.2, 0.25) is 0 Å². The van der Waals surface area contributed by atoms with E-state index in [1.165, 1.54) is 0 Å². The molecule has 3 nitrogen and oxygen atoms in total. The highest BCUT2D eigenvalue weighted by atomic mass is 16.1. The van der Waals surface area contributed by atoms with E-state index in [0.29, 0.717) is 12.3 Å². The minimum atomic E-state index is 0.104. The van der Waals surface area contributed by atoms with E-state index in [-0.39, 0.29) is 5.91 Å². The highest BCUT2D eigenvalue weighted by Crippen LogP contribution is 2.28. The zero-order valence-corrected chi connectivity index (χ0v) is 12.0. The van der Waals surface area contributed by atoms with E-state index < -0.39 is 0 Å². The molecule has 2 aromatic rings. The fourth-order valence-electron chi connectivity index (χ4n) is 2.81. The second kappa shape index (κ2) is 6.55. The van der Waals surface area contributed by atoms with Crippen molar-refractivity contribution in [3.8, 4) is 11.1 Å². The molecule has 2 N–H and O–H groups in total. The third-order valence-corrected chi connectivity index (χ3v) is 3.92. The van der Waals surface area contributed by atoms with E-state index in [4.69, 9.17) is 0 Å². The van der Waals surface area contributed by atoms with Crippen molar-refractivity contribution in [1.29, 1.82) is 0 Å². The molecule has 0 saturated carbocycles. The molecule has 0 spiro atoms. The Bertz CT molecular complexity index is 604. The summed E-state index contributed by atoms with van der Waals surface area (Å²) in [5.41, 5.74) is 3.08. The molecule has 3 rings (SSSR count). The lowest BCUT2D eigenvalue weighted by atomic mass is 10.0. The quantitative estimate of drug-likeness (QED) is 0.902. The predicted octanol–water partition coefficient (Wildman–Crippen LogP) is 3.29. The average Bonchev–Trinajstić information content (AvgIpc) is 3.01. The Labute approximate surface area is 125 Å². The van der Waals surface area contributed by atoms with Gasteiger partial charge in [-0.1, -0.05) is 48.5 Å². The predicted molar refractivity (Wildman–Crippen MR) is 86.1 cm³/mol. The van der Waals surface area contributed by atoms with Crippen LogP contribution in [0, 0.1) is 5.92 Å². The zero-order valence-electron chi connectivity index (χ0n) is 12.0. The summed E-state index contributed by atoms with van der Waals surface area (Å²) in [7, 11) is 0. The standard InChI is InChI=1S/C18H20N2O/c21-18(12-14-10-11-19-13-14)20-17-9-5-4-8-16(17)15-6-2-1-3-7-15/h1-9,14,19H,10-13H2,(H,20,21). The van der Waals surface area contributed by atoms with Crippen molar-refractivity contribution < 1.29 is 4.79 Å². The van der Waals surface area contributed by atoms with Crippen LogP contribution in [0.15, 0.2) is 54.6 Å². The van der Waals surface area contributed by atoms with Crippen molar-refractivity contribution in [3.05, 3.63) is 54.6 Å². The second-order valence-electron chi connectivity index (χ2n) is 5.52. The van der Waals surface area contributed by atoms with Crippen LogP contribution >= 0.6 is 0 Å². The summed E-state index contributed by atoms with van der Waals surface area (Å²) >= 11 is 0. The minimum absolute atomic E-state index is 0.104. The van der Waals surface area contributed by atoms with Gasteiger partial charge in [-0.15, -0.1) is 0 Å². The molecule has 1 amide bonds. The maximum atomic E-state index is 12.2. The molecule has 1 aliphatic heterocycles. The Morgan fingerprint density at radius 2 is 1.86 bits per heavy atom. The maximum Gasteiger partial charge on any atom is 0.224 e. The van der Waals surface area contributed by atoms with Crippen molar-refractivity contribution in [3.63, 3.8) is 0 Å². The van der Waals surface area contributed by atoms with Gasteiger partial charge < -0.3 is 10.6 Å². The number of nitrogens with one attached hydrogen (secondary N) is 2. The Kier molecular flexibility index (Phi) is 4.31. The molecule has 2 aromatic carbocycles. The topological polar surface area (TPSA) is 41.1 Å². The van der Waals surface area contributed by atoms with Crippen LogP contribution < -0.4 is 10.6 Å². The van der Waals surface area contributed by atoms with Gasteiger partial charge in [-0.2, -0.15) is 0 Å². The number of carbonyl (C=O) groups is 1. The molecule has 0 aliphatic carbocycles. The van der Waals surface area contributed by atoms with Gasteiger partial charge >= 0.3 is 0 Å². The van der Waals surface area contributed by atoms with E-state index in [2.05, 4.69) is 22.8 Å². The van der Waals surface area contributed by atoms with Gasteiger partial charge in [0, 0.05) is 17.7 Å². The molecule has 0 aromatic heterocycles. The Morgan fingerprint density at radius 1 is 1.10 bits per heavy atom. The van der Waals surface area contributed by atoms with Crippen molar-refractivity contribution in [1.82, 2.24) is 5.32 Å². The van der Waals surface area contributed by atoms with E-state index >= 15 is 0 Å². The number of hydrogen-bond donors (Lipinski definition) is 2. The number of hydrogen-bond acceptors (Lipinski definition) is 2. The highest BCUT2D eigenvalue weighted by molar-refractivity contribution is 5.95. The molecule has 1 heterocycles. The molecule has 21 heavy (non-hydrogen) atoms. The number of carbonyl (C=O) groups excluding carboxylic acids is 1. The lowest BCUT2D eigenvalue weighted by Crippen LogP contribution is -2.18. The van der Waals surface area contributed by atoms with Gasteiger partial charge in [-0.3, -0.25) is 4.79 Å². The fraction of sp³-hybridized carbons (Fsp3) is 0.278. The largest absolute Gasteiger partial charge is 0.326 e. The first-order valence-electron chi connectivity index (χ1n) is 7.48. The zero-order chi connectivity index (χ0) is 14.5. The Morgan fingerprint density at radius 3 is 2.62 bits per heavy atom. The van der Waals surface area contributed by atoms with Crippen molar-refractivity contribution in [2.75, 3.05) is 18.4 Å². The molecular formula is C18H20N2O. The van der Waals surface area contributed by atoms with E-state index in [9.17, 15) is 4.79 Å². The second-order valence-corrected chi connectivity index (χ2v) is 5.52. The molecule has 0 radical (unpaired) electrons. The first kappa shape index (κ1) is 13.8. The minimum Gasteiger partial charge on any atom is -0.326 e. The first-order chi connectivity index (χ1) is 10.3. The van der Waals surface area contributed by atoms with Crippen LogP contribution in [0.5, 0.6) is 0 Å². The van der Waals surface area contributed by atoms with Crippen LogP contribution in [0.25, 0.3) is 11.1 Å².